The first kappa shape index (κ1) is 22.9. The standard InChI is InChI=1S/C15H14F9NO2/c1-4-8-5-9(6(2)7(3)10(8)26)25-11(27)12(16,17)13(18,19)14(20,21)15(22,23)24/h5,26H,4H2,1-3H3,(H,25,27). The Bertz CT molecular complexity index is 742. The zero-order chi connectivity index (χ0) is 21.6. The van der Waals surface area contributed by atoms with E-state index >= 15 is 0 Å². The van der Waals surface area contributed by atoms with E-state index in [1.165, 1.54) is 26.1 Å². The van der Waals surface area contributed by atoms with Crippen molar-refractivity contribution in [3.63, 3.8) is 0 Å². The largest absolute Gasteiger partial charge is 0.507 e. The van der Waals surface area contributed by atoms with Crippen molar-refractivity contribution in [3.8, 4) is 5.75 Å². The molecule has 1 aromatic rings. The molecule has 0 spiro atoms. The van der Waals surface area contributed by atoms with Crippen molar-refractivity contribution in [3.05, 3.63) is 22.8 Å². The molecular weight excluding hydrogens is 397 g/mol. The van der Waals surface area contributed by atoms with Crippen LogP contribution in [-0.4, -0.2) is 35.0 Å². The minimum Gasteiger partial charge on any atom is -0.507 e. The molecule has 2 N–H and O–H groups in total. The number of anilines is 1. The number of phenols is 1. The first-order valence-corrected chi connectivity index (χ1v) is 7.27. The normalized spacial score (nSPS) is 13.6. The van der Waals surface area contributed by atoms with Gasteiger partial charge in [0.1, 0.15) is 5.75 Å². The van der Waals surface area contributed by atoms with Crippen molar-refractivity contribution < 1.29 is 49.4 Å². The molecule has 0 aliphatic rings. The fourth-order valence-corrected chi connectivity index (χ4v) is 2.09. The molecule has 0 saturated heterocycles. The Kier molecular flexibility index (Phi) is 5.76. The van der Waals surface area contributed by atoms with Gasteiger partial charge in [-0.05, 0) is 43.0 Å². The lowest BCUT2D eigenvalue weighted by molar-refractivity contribution is -0.388. The van der Waals surface area contributed by atoms with Gasteiger partial charge >= 0.3 is 29.9 Å². The first-order chi connectivity index (χ1) is 11.9. The average Bonchev–Trinajstić information content (AvgIpc) is 2.53. The van der Waals surface area contributed by atoms with Crippen molar-refractivity contribution in [2.75, 3.05) is 5.32 Å². The van der Waals surface area contributed by atoms with Gasteiger partial charge in [0.15, 0.2) is 0 Å². The summed E-state index contributed by atoms with van der Waals surface area (Å²) in [5, 5.41) is 11.1. The van der Waals surface area contributed by atoms with Gasteiger partial charge in [0.05, 0.1) is 0 Å². The molecule has 0 fully saturated rings. The minimum absolute atomic E-state index is 0.0697. The van der Waals surface area contributed by atoms with Gasteiger partial charge in [0.25, 0.3) is 0 Å². The van der Waals surface area contributed by atoms with Crippen LogP contribution in [0.3, 0.4) is 0 Å². The van der Waals surface area contributed by atoms with Gasteiger partial charge in [0, 0.05) is 5.69 Å². The van der Waals surface area contributed by atoms with Gasteiger partial charge < -0.3 is 10.4 Å². The Morgan fingerprint density at radius 2 is 1.44 bits per heavy atom. The number of carbonyl (C=O) groups is 1. The maximum Gasteiger partial charge on any atom is 0.460 e. The van der Waals surface area contributed by atoms with Gasteiger partial charge in [-0.2, -0.15) is 39.5 Å². The average molecular weight is 411 g/mol. The third-order valence-corrected chi connectivity index (χ3v) is 4.00. The summed E-state index contributed by atoms with van der Waals surface area (Å²) in [5.74, 6) is -23.9. The predicted octanol–water partition coefficient (Wildman–Crippen LogP) is 4.98. The molecule has 0 heterocycles. The zero-order valence-electron chi connectivity index (χ0n) is 14.0. The van der Waals surface area contributed by atoms with E-state index in [-0.39, 0.29) is 28.9 Å². The molecule has 154 valence electrons. The Morgan fingerprint density at radius 3 is 1.85 bits per heavy atom. The summed E-state index contributed by atoms with van der Waals surface area (Å²) in [5.41, 5.74) is -0.442. The maximum atomic E-state index is 13.6. The highest BCUT2D eigenvalue weighted by Gasteiger charge is 2.83. The highest BCUT2D eigenvalue weighted by atomic mass is 19.4. The summed E-state index contributed by atoms with van der Waals surface area (Å²) in [6.07, 6.45) is -6.89. The van der Waals surface area contributed by atoms with Crippen molar-refractivity contribution in [1.29, 1.82) is 0 Å². The number of rotatable bonds is 5. The number of nitrogens with one attached hydrogen (secondary N) is 1. The number of hydrogen-bond donors (Lipinski definition) is 2. The van der Waals surface area contributed by atoms with Crippen molar-refractivity contribution in [2.24, 2.45) is 0 Å². The molecule has 0 aliphatic carbocycles. The van der Waals surface area contributed by atoms with E-state index in [0.29, 0.717) is 0 Å². The highest BCUT2D eigenvalue weighted by Crippen LogP contribution is 2.53. The molecule has 1 rings (SSSR count). The second kappa shape index (κ2) is 6.79. The molecule has 1 aromatic carbocycles. The van der Waals surface area contributed by atoms with Crippen LogP contribution in [0, 0.1) is 13.8 Å². The number of halogens is 9. The Labute approximate surface area is 147 Å². The quantitative estimate of drug-likeness (QED) is 0.531. The van der Waals surface area contributed by atoms with Crippen LogP contribution in [-0.2, 0) is 11.2 Å². The summed E-state index contributed by atoms with van der Waals surface area (Å²) >= 11 is 0. The van der Waals surface area contributed by atoms with E-state index < -0.39 is 35.5 Å². The molecular formula is C15H14F9NO2. The first-order valence-electron chi connectivity index (χ1n) is 7.27. The number of amides is 1. The topological polar surface area (TPSA) is 49.3 Å². The monoisotopic (exact) mass is 411 g/mol. The van der Waals surface area contributed by atoms with Gasteiger partial charge in [0.2, 0.25) is 0 Å². The summed E-state index contributed by atoms with van der Waals surface area (Å²) in [4.78, 5) is 11.5. The molecule has 0 unspecified atom stereocenters. The summed E-state index contributed by atoms with van der Waals surface area (Å²) in [6, 6.07) is 0.922. The van der Waals surface area contributed by atoms with Crippen LogP contribution in [0.5, 0.6) is 5.75 Å². The van der Waals surface area contributed by atoms with Crippen molar-refractivity contribution >= 4 is 11.6 Å². The zero-order valence-corrected chi connectivity index (χ0v) is 14.0. The van der Waals surface area contributed by atoms with Gasteiger partial charge in [-0.1, -0.05) is 6.92 Å². The predicted molar refractivity (Wildman–Crippen MR) is 76.5 cm³/mol. The lowest BCUT2D eigenvalue weighted by atomic mass is 9.99. The third-order valence-electron chi connectivity index (χ3n) is 4.00. The van der Waals surface area contributed by atoms with E-state index in [4.69, 9.17) is 0 Å². The number of aryl methyl sites for hydroxylation is 1. The van der Waals surface area contributed by atoms with E-state index in [2.05, 4.69) is 0 Å². The van der Waals surface area contributed by atoms with Crippen LogP contribution in [0.15, 0.2) is 6.07 Å². The maximum absolute atomic E-state index is 13.6. The molecule has 0 radical (unpaired) electrons. The van der Waals surface area contributed by atoms with Crippen LogP contribution < -0.4 is 5.32 Å². The molecule has 27 heavy (non-hydrogen) atoms. The summed E-state index contributed by atoms with van der Waals surface area (Å²) in [6.45, 7) is 4.00. The Morgan fingerprint density at radius 1 is 0.963 bits per heavy atom. The van der Waals surface area contributed by atoms with Crippen LogP contribution in [0.1, 0.15) is 23.6 Å². The van der Waals surface area contributed by atoms with Crippen molar-refractivity contribution in [2.45, 2.75) is 51.1 Å². The van der Waals surface area contributed by atoms with Gasteiger partial charge in [-0.25, -0.2) is 0 Å². The molecule has 0 atom stereocenters. The fourth-order valence-electron chi connectivity index (χ4n) is 2.09. The number of alkyl halides is 9. The van der Waals surface area contributed by atoms with Crippen LogP contribution >= 0.6 is 0 Å². The van der Waals surface area contributed by atoms with Crippen LogP contribution in [0.25, 0.3) is 0 Å². The second-order valence-corrected chi connectivity index (χ2v) is 5.71. The molecule has 0 aliphatic heterocycles. The molecule has 0 bridgehead atoms. The smallest absolute Gasteiger partial charge is 0.460 e. The number of aromatic hydroxyl groups is 1. The van der Waals surface area contributed by atoms with E-state index in [9.17, 15) is 49.4 Å². The van der Waals surface area contributed by atoms with Gasteiger partial charge in [-0.15, -0.1) is 0 Å². The fraction of sp³-hybridized carbons (Fsp3) is 0.533. The minimum atomic E-state index is -7.16. The Hall–Kier alpha value is -2.14. The molecule has 0 aromatic heterocycles. The van der Waals surface area contributed by atoms with Crippen LogP contribution in [0.2, 0.25) is 0 Å². The molecule has 1 amide bonds. The SMILES string of the molecule is CCc1cc(NC(=O)C(F)(F)C(F)(F)C(F)(F)C(F)(F)F)c(C)c(C)c1O. The molecule has 0 saturated carbocycles. The van der Waals surface area contributed by atoms with Crippen LogP contribution in [0.4, 0.5) is 45.2 Å². The highest BCUT2D eigenvalue weighted by molar-refractivity contribution is 5.98. The number of carbonyl (C=O) groups excluding carboxylic acids is 1. The second-order valence-electron chi connectivity index (χ2n) is 5.71. The lowest BCUT2D eigenvalue weighted by Gasteiger charge is -2.32. The number of benzene rings is 1. The molecule has 12 heteroatoms. The summed E-state index contributed by atoms with van der Waals surface area (Å²) < 4.78 is 116. The third kappa shape index (κ3) is 3.53. The van der Waals surface area contributed by atoms with E-state index in [1.54, 1.807) is 0 Å². The number of phenolic OH excluding ortho intramolecular Hbond substituents is 1. The number of hydrogen-bond acceptors (Lipinski definition) is 2. The molecule has 3 nitrogen and oxygen atoms in total. The van der Waals surface area contributed by atoms with E-state index in [0.717, 1.165) is 6.07 Å². The van der Waals surface area contributed by atoms with Gasteiger partial charge in [-0.3, -0.25) is 4.79 Å². The lowest BCUT2D eigenvalue weighted by Crippen LogP contribution is -2.64. The summed E-state index contributed by atoms with van der Waals surface area (Å²) in [7, 11) is 0. The van der Waals surface area contributed by atoms with E-state index in [1.807, 2.05) is 0 Å². The van der Waals surface area contributed by atoms with Crippen molar-refractivity contribution in [1.82, 2.24) is 0 Å². The Balaban J connectivity index is 3.36.